The summed E-state index contributed by atoms with van der Waals surface area (Å²) in [4.78, 5) is 21.7. The number of nitro groups is 1. The molecule has 140 valence electrons. The van der Waals surface area contributed by atoms with Gasteiger partial charge < -0.3 is 14.2 Å². The van der Waals surface area contributed by atoms with E-state index in [1.165, 1.54) is 24.3 Å². The first-order valence-corrected chi connectivity index (χ1v) is 8.22. The highest BCUT2D eigenvalue weighted by Crippen LogP contribution is 2.22. The van der Waals surface area contributed by atoms with E-state index in [1.54, 1.807) is 0 Å². The fourth-order valence-corrected chi connectivity index (χ4v) is 1.85. The summed E-state index contributed by atoms with van der Waals surface area (Å²) in [6.07, 6.45) is 0.630. The second-order valence-corrected chi connectivity index (χ2v) is 7.62. The van der Waals surface area contributed by atoms with Crippen molar-refractivity contribution in [2.24, 2.45) is 5.41 Å². The maximum Gasteiger partial charge on any atom is 0.513 e. The van der Waals surface area contributed by atoms with Gasteiger partial charge >= 0.3 is 6.16 Å². The van der Waals surface area contributed by atoms with Crippen LogP contribution in [0.5, 0.6) is 5.75 Å². The van der Waals surface area contributed by atoms with Gasteiger partial charge in [-0.05, 0) is 37.8 Å². The quantitative estimate of drug-likeness (QED) is 0.290. The third kappa shape index (κ3) is 9.05. The second-order valence-electron chi connectivity index (χ2n) is 7.62. The van der Waals surface area contributed by atoms with Gasteiger partial charge in [0.1, 0.15) is 5.75 Å². The molecule has 0 aliphatic heterocycles. The van der Waals surface area contributed by atoms with Gasteiger partial charge in [0, 0.05) is 25.2 Å². The molecule has 0 bridgehead atoms. The number of carbonyl (C=O) groups is 1. The predicted molar refractivity (Wildman–Crippen MR) is 93.8 cm³/mol. The van der Waals surface area contributed by atoms with Crippen LogP contribution in [0.15, 0.2) is 24.3 Å². The number of nitrogens with zero attached hydrogens (tertiary/aromatic N) is 1. The third-order valence-electron chi connectivity index (χ3n) is 3.52. The summed E-state index contributed by atoms with van der Waals surface area (Å²) in [7, 11) is 0. The number of rotatable bonds is 8. The van der Waals surface area contributed by atoms with Crippen molar-refractivity contribution in [1.82, 2.24) is 0 Å². The zero-order chi connectivity index (χ0) is 19.1. The zero-order valence-corrected chi connectivity index (χ0v) is 15.5. The first-order valence-electron chi connectivity index (χ1n) is 8.22. The Hall–Kier alpha value is -2.15. The highest BCUT2D eigenvalue weighted by atomic mass is 16.7. The summed E-state index contributed by atoms with van der Waals surface area (Å²) in [5.74, 6) is 0.191. The van der Waals surface area contributed by atoms with Crippen molar-refractivity contribution in [2.75, 3.05) is 13.2 Å². The SMILES string of the molecule is CC(C)(C)CCOC(C)(C)CCOC(=O)Oc1ccc([N+](=O)[O-])cc1. The second kappa shape index (κ2) is 8.80. The Kier molecular flexibility index (Phi) is 7.36. The summed E-state index contributed by atoms with van der Waals surface area (Å²) in [5.41, 5.74) is -0.269. The zero-order valence-electron chi connectivity index (χ0n) is 15.5. The van der Waals surface area contributed by atoms with Crippen molar-refractivity contribution in [2.45, 2.75) is 53.1 Å². The molecule has 0 atom stereocenters. The number of ether oxygens (including phenoxy) is 3. The highest BCUT2D eigenvalue weighted by Gasteiger charge is 2.21. The average molecular weight is 353 g/mol. The van der Waals surface area contributed by atoms with Gasteiger partial charge in [-0.15, -0.1) is 0 Å². The summed E-state index contributed by atoms with van der Waals surface area (Å²) < 4.78 is 15.8. The van der Waals surface area contributed by atoms with Crippen molar-refractivity contribution in [3.05, 3.63) is 34.4 Å². The Morgan fingerprint density at radius 1 is 1.04 bits per heavy atom. The van der Waals surface area contributed by atoms with E-state index in [9.17, 15) is 14.9 Å². The Morgan fingerprint density at radius 3 is 2.16 bits per heavy atom. The molecule has 25 heavy (non-hydrogen) atoms. The molecule has 0 heterocycles. The van der Waals surface area contributed by atoms with Crippen LogP contribution in [0, 0.1) is 15.5 Å². The monoisotopic (exact) mass is 353 g/mol. The van der Waals surface area contributed by atoms with Crippen molar-refractivity contribution in [3.8, 4) is 5.75 Å². The minimum atomic E-state index is -0.848. The Bertz CT molecular complexity index is 574. The molecular weight excluding hydrogens is 326 g/mol. The number of hydrogen-bond donors (Lipinski definition) is 0. The number of benzene rings is 1. The highest BCUT2D eigenvalue weighted by molar-refractivity contribution is 5.63. The molecule has 0 amide bonds. The lowest BCUT2D eigenvalue weighted by atomic mass is 9.93. The smallest absolute Gasteiger partial charge is 0.434 e. The first kappa shape index (κ1) is 20.9. The molecule has 0 unspecified atom stereocenters. The van der Waals surface area contributed by atoms with Crippen LogP contribution in [0.3, 0.4) is 0 Å². The van der Waals surface area contributed by atoms with Gasteiger partial charge in [-0.2, -0.15) is 0 Å². The molecule has 0 aliphatic rings. The van der Waals surface area contributed by atoms with Crippen LogP contribution in [-0.4, -0.2) is 29.9 Å². The van der Waals surface area contributed by atoms with Crippen LogP contribution < -0.4 is 4.74 Å². The molecule has 0 fully saturated rings. The molecule has 1 aromatic carbocycles. The first-order chi connectivity index (χ1) is 11.5. The fourth-order valence-electron chi connectivity index (χ4n) is 1.85. The maximum absolute atomic E-state index is 11.6. The van der Waals surface area contributed by atoms with E-state index in [0.29, 0.717) is 13.0 Å². The van der Waals surface area contributed by atoms with Crippen molar-refractivity contribution in [3.63, 3.8) is 0 Å². The standard InChI is InChI=1S/C18H27NO6/c1-17(2,3)10-13-24-18(4,5)11-12-23-16(20)25-15-8-6-14(7-9-15)19(21)22/h6-9H,10-13H2,1-5H3. The molecule has 0 N–H and O–H groups in total. The van der Waals surface area contributed by atoms with Crippen LogP contribution in [0.25, 0.3) is 0 Å². The molecule has 0 aromatic heterocycles. The van der Waals surface area contributed by atoms with Gasteiger partial charge in [0.15, 0.2) is 0 Å². The molecular formula is C18H27NO6. The number of carbonyl (C=O) groups excluding carboxylic acids is 1. The maximum atomic E-state index is 11.6. The van der Waals surface area contributed by atoms with Crippen molar-refractivity contribution < 1.29 is 23.9 Å². The van der Waals surface area contributed by atoms with Gasteiger partial charge in [0.2, 0.25) is 0 Å². The minimum absolute atomic E-state index is 0.0742. The van der Waals surface area contributed by atoms with Crippen LogP contribution >= 0.6 is 0 Å². The topological polar surface area (TPSA) is 87.9 Å². The molecule has 0 saturated carbocycles. The van der Waals surface area contributed by atoms with Crippen LogP contribution in [0.2, 0.25) is 0 Å². The lowest BCUT2D eigenvalue weighted by molar-refractivity contribution is -0.384. The van der Waals surface area contributed by atoms with E-state index < -0.39 is 16.7 Å². The Morgan fingerprint density at radius 2 is 1.64 bits per heavy atom. The van der Waals surface area contributed by atoms with Crippen LogP contribution in [-0.2, 0) is 9.47 Å². The summed E-state index contributed by atoms with van der Waals surface area (Å²) >= 11 is 0. The van der Waals surface area contributed by atoms with Crippen LogP contribution in [0.4, 0.5) is 10.5 Å². The normalized spacial score (nSPS) is 11.9. The van der Waals surface area contributed by atoms with Crippen LogP contribution in [0.1, 0.15) is 47.5 Å². The van der Waals surface area contributed by atoms with Crippen molar-refractivity contribution >= 4 is 11.8 Å². The van der Waals surface area contributed by atoms with E-state index in [4.69, 9.17) is 14.2 Å². The van der Waals surface area contributed by atoms with Gasteiger partial charge in [-0.25, -0.2) is 4.79 Å². The van der Waals surface area contributed by atoms with E-state index in [0.717, 1.165) is 6.42 Å². The lowest BCUT2D eigenvalue weighted by Gasteiger charge is -2.27. The van der Waals surface area contributed by atoms with E-state index in [2.05, 4.69) is 20.8 Å². The summed E-state index contributed by atoms with van der Waals surface area (Å²) in [6, 6.07) is 5.21. The molecule has 0 radical (unpaired) electrons. The molecule has 0 aliphatic carbocycles. The number of hydrogen-bond acceptors (Lipinski definition) is 6. The Labute approximate surface area is 148 Å². The number of non-ortho nitro benzene ring substituents is 1. The predicted octanol–water partition coefficient (Wildman–Crippen LogP) is 4.73. The van der Waals surface area contributed by atoms with Crippen molar-refractivity contribution in [1.29, 1.82) is 0 Å². The van der Waals surface area contributed by atoms with E-state index >= 15 is 0 Å². The van der Waals surface area contributed by atoms with Gasteiger partial charge in [-0.3, -0.25) is 10.1 Å². The van der Waals surface area contributed by atoms with Gasteiger partial charge in [0.05, 0.1) is 17.1 Å². The summed E-state index contributed by atoms with van der Waals surface area (Å²) in [5, 5.41) is 10.6. The fraction of sp³-hybridized carbons (Fsp3) is 0.611. The third-order valence-corrected chi connectivity index (χ3v) is 3.52. The molecule has 0 saturated heterocycles. The minimum Gasteiger partial charge on any atom is -0.434 e. The number of nitro benzene ring substituents is 1. The molecule has 1 aromatic rings. The molecule has 7 heteroatoms. The average Bonchev–Trinajstić information content (AvgIpc) is 2.45. The Balaban J connectivity index is 2.32. The largest absolute Gasteiger partial charge is 0.513 e. The lowest BCUT2D eigenvalue weighted by Crippen LogP contribution is -2.29. The molecule has 0 spiro atoms. The molecule has 1 rings (SSSR count). The molecule has 7 nitrogen and oxygen atoms in total. The van der Waals surface area contributed by atoms with E-state index in [-0.39, 0.29) is 23.5 Å². The van der Waals surface area contributed by atoms with E-state index in [1.807, 2.05) is 13.8 Å². The summed E-state index contributed by atoms with van der Waals surface area (Å²) in [6.45, 7) is 11.2. The van der Waals surface area contributed by atoms with Gasteiger partial charge in [0.25, 0.3) is 5.69 Å². The van der Waals surface area contributed by atoms with Gasteiger partial charge in [-0.1, -0.05) is 20.8 Å².